The fraction of sp³-hybridized carbons (Fsp3) is 1.00. The van der Waals surface area contributed by atoms with E-state index in [1.54, 1.807) is 0 Å². The molecule has 0 heterocycles. The topological polar surface area (TPSA) is 0 Å². The Bertz CT molecular complexity index is 300. The van der Waals surface area contributed by atoms with Crippen LogP contribution in [0.2, 0.25) is 0 Å². The minimum Gasteiger partial charge on any atom is -0.234 e. The van der Waals surface area contributed by atoms with Crippen LogP contribution in [0.4, 0.5) is 43.9 Å². The first-order valence-corrected chi connectivity index (χ1v) is 4.00. The normalized spacial score (nSPS) is 42.2. The van der Waals surface area contributed by atoms with Crippen LogP contribution in [0, 0.1) is 0 Å². The zero-order chi connectivity index (χ0) is 14.1. The van der Waals surface area contributed by atoms with Gasteiger partial charge < -0.3 is 0 Å². The lowest BCUT2D eigenvalue weighted by Gasteiger charge is -2.49. The van der Waals surface area contributed by atoms with Gasteiger partial charge in [-0.3, -0.25) is 0 Å². The van der Waals surface area contributed by atoms with Crippen molar-refractivity contribution in [2.75, 3.05) is 0 Å². The maximum Gasteiger partial charge on any atom is 0.352 e. The van der Waals surface area contributed by atoms with E-state index in [2.05, 4.69) is 0 Å². The molecule has 10 heteroatoms. The smallest absolute Gasteiger partial charge is 0.234 e. The number of halogens is 10. The predicted octanol–water partition coefficient (Wildman–Crippen LogP) is 3.61. The first-order chi connectivity index (χ1) is 7.15. The molecule has 0 aromatic heterocycles. The Labute approximate surface area is 87.6 Å². The number of hydrogen-bond acceptors (Lipinski definition) is 0. The fourth-order valence-electron chi connectivity index (χ4n) is 1.37. The van der Waals surface area contributed by atoms with Gasteiger partial charge in [0.25, 0.3) is 0 Å². The van der Waals surface area contributed by atoms with Crippen molar-refractivity contribution in [3.05, 3.63) is 0 Å². The van der Waals surface area contributed by atoms with E-state index in [-0.39, 0.29) is 0 Å². The Hall–Kier alpha value is -0.700. The van der Waals surface area contributed by atoms with E-state index in [1.165, 1.54) is 0 Å². The van der Waals surface area contributed by atoms with E-state index in [1.807, 2.05) is 0 Å². The largest absolute Gasteiger partial charge is 0.352 e. The lowest BCUT2D eigenvalue weighted by Crippen LogP contribution is -2.79. The van der Waals surface area contributed by atoms with E-state index >= 15 is 0 Å². The van der Waals surface area contributed by atoms with Crippen LogP contribution in [0.3, 0.4) is 0 Å². The van der Waals surface area contributed by atoms with E-state index < -0.39 is 42.5 Å². The molecule has 0 N–H and O–H groups in total. The number of rotatable bonds is 0. The zero-order valence-corrected chi connectivity index (χ0v) is 7.86. The summed E-state index contributed by atoms with van der Waals surface area (Å²) in [7, 11) is 0. The predicted molar refractivity (Wildman–Crippen MR) is 34.2 cm³/mol. The second-order valence-corrected chi connectivity index (χ2v) is 3.76. The molecular weight excluding hydrogens is 274 g/mol. The molecule has 17 heavy (non-hydrogen) atoms. The van der Waals surface area contributed by atoms with E-state index in [4.69, 9.17) is 0 Å². The maximum absolute atomic E-state index is 13.0. The Kier molecular flexibility index (Phi) is 2.53. The first-order valence-electron chi connectivity index (χ1n) is 4.00. The monoisotopic (exact) mass is 278 g/mol. The summed E-state index contributed by atoms with van der Waals surface area (Å²) in [5, 5.41) is 0. The second-order valence-electron chi connectivity index (χ2n) is 3.76. The van der Waals surface area contributed by atoms with Crippen LogP contribution in [0.1, 0.15) is 6.92 Å². The van der Waals surface area contributed by atoms with Gasteiger partial charge in [-0.1, -0.05) is 0 Å². The Morgan fingerprint density at radius 1 is 0.647 bits per heavy atom. The quantitative estimate of drug-likeness (QED) is 0.594. The highest BCUT2D eigenvalue weighted by Gasteiger charge is 2.93. The van der Waals surface area contributed by atoms with Crippen molar-refractivity contribution in [1.29, 1.82) is 0 Å². The van der Waals surface area contributed by atoms with E-state index in [0.29, 0.717) is 0 Å². The molecule has 0 unspecified atom stereocenters. The van der Waals surface area contributed by atoms with Gasteiger partial charge in [-0.15, -0.1) is 0 Å². The van der Waals surface area contributed by atoms with Crippen LogP contribution in [0.5, 0.6) is 0 Å². The molecule has 0 saturated heterocycles. The molecule has 1 aliphatic rings. The first kappa shape index (κ1) is 14.4. The molecule has 1 saturated carbocycles. The Balaban J connectivity index is 3.56. The van der Waals surface area contributed by atoms with Crippen molar-refractivity contribution in [3.63, 3.8) is 0 Å². The minimum absolute atomic E-state index is 0.819. The molecular formula is C7H4F10. The molecule has 0 radical (unpaired) electrons. The van der Waals surface area contributed by atoms with Crippen LogP contribution in [0.25, 0.3) is 0 Å². The summed E-state index contributed by atoms with van der Waals surface area (Å²) >= 11 is 0. The van der Waals surface area contributed by atoms with Crippen LogP contribution in [-0.4, -0.2) is 35.5 Å². The third-order valence-corrected chi connectivity index (χ3v) is 2.65. The molecule has 1 fully saturated rings. The fourth-order valence-corrected chi connectivity index (χ4v) is 1.37. The molecule has 1 rings (SSSR count). The maximum atomic E-state index is 13.0. The lowest BCUT2D eigenvalue weighted by atomic mass is 9.74. The van der Waals surface area contributed by atoms with Crippen molar-refractivity contribution in [2.45, 2.75) is 42.5 Å². The highest BCUT2D eigenvalue weighted by atomic mass is 19.3. The highest BCUT2D eigenvalue weighted by molar-refractivity contribution is 5.22. The van der Waals surface area contributed by atoms with Gasteiger partial charge in [0.15, 0.2) is 0 Å². The van der Waals surface area contributed by atoms with E-state index in [0.717, 1.165) is 0 Å². The third-order valence-electron chi connectivity index (χ3n) is 2.65. The average Bonchev–Trinajstić information content (AvgIpc) is 2.13. The minimum atomic E-state index is -6.27. The molecule has 0 bridgehead atoms. The Morgan fingerprint density at radius 2 is 0.882 bits per heavy atom. The van der Waals surface area contributed by atoms with Gasteiger partial charge in [-0.2, -0.15) is 35.1 Å². The molecule has 102 valence electrons. The number of hydrogen-bond donors (Lipinski definition) is 0. The molecule has 0 aromatic carbocycles. The summed E-state index contributed by atoms with van der Waals surface area (Å²) in [4.78, 5) is 0. The van der Waals surface area contributed by atoms with Gasteiger partial charge in [0.2, 0.25) is 11.8 Å². The molecule has 0 spiro atoms. The van der Waals surface area contributed by atoms with Gasteiger partial charge in [-0.05, 0) is 6.92 Å². The molecule has 0 aliphatic heterocycles. The van der Waals surface area contributed by atoms with E-state index in [9.17, 15) is 43.9 Å². The molecule has 0 amide bonds. The van der Waals surface area contributed by atoms with Gasteiger partial charge >= 0.3 is 23.7 Å². The summed E-state index contributed by atoms with van der Waals surface area (Å²) in [6.45, 7) is -0.819. The molecule has 0 nitrogen and oxygen atoms in total. The summed E-state index contributed by atoms with van der Waals surface area (Å²) in [6.07, 6.45) is -5.19. The van der Waals surface area contributed by atoms with Crippen LogP contribution < -0.4 is 0 Å². The van der Waals surface area contributed by atoms with Crippen molar-refractivity contribution in [1.82, 2.24) is 0 Å². The van der Waals surface area contributed by atoms with Crippen molar-refractivity contribution in [3.8, 4) is 0 Å². The van der Waals surface area contributed by atoms with Gasteiger partial charge in [0, 0.05) is 0 Å². The summed E-state index contributed by atoms with van der Waals surface area (Å²) in [5.41, 5.74) is -5.59. The van der Waals surface area contributed by atoms with Crippen LogP contribution in [-0.2, 0) is 0 Å². The Morgan fingerprint density at radius 3 is 1.12 bits per heavy atom. The van der Waals surface area contributed by atoms with Crippen molar-refractivity contribution in [2.24, 2.45) is 0 Å². The van der Waals surface area contributed by atoms with Gasteiger partial charge in [0.1, 0.15) is 0 Å². The SMILES string of the molecule is CC1(F)C(F)(F)C(F)(F)C(F)C(F)(F)C1(F)F. The zero-order valence-electron chi connectivity index (χ0n) is 7.86. The van der Waals surface area contributed by atoms with Gasteiger partial charge in [-0.25, -0.2) is 8.78 Å². The summed E-state index contributed by atoms with van der Waals surface area (Å²) in [6, 6.07) is 0. The highest BCUT2D eigenvalue weighted by Crippen LogP contribution is 2.64. The molecule has 0 atom stereocenters. The van der Waals surface area contributed by atoms with Gasteiger partial charge in [0.05, 0.1) is 0 Å². The lowest BCUT2D eigenvalue weighted by molar-refractivity contribution is -0.429. The number of alkyl halides is 10. The summed E-state index contributed by atoms with van der Waals surface area (Å²) in [5.74, 6) is -25.0. The molecule has 1 aliphatic carbocycles. The van der Waals surface area contributed by atoms with Crippen LogP contribution in [0.15, 0.2) is 0 Å². The second kappa shape index (κ2) is 3.00. The average molecular weight is 278 g/mol. The van der Waals surface area contributed by atoms with Crippen LogP contribution >= 0.6 is 0 Å². The summed E-state index contributed by atoms with van der Waals surface area (Å²) < 4.78 is 126. The molecule has 0 aromatic rings. The third kappa shape index (κ3) is 1.21. The standard InChI is InChI=1S/C7H4F10/c1-3(9)6(14,15)4(10,11)2(8)5(12,13)7(3,16)17/h2H,1H3. The van der Waals surface area contributed by atoms with Crippen molar-refractivity contribution < 1.29 is 43.9 Å². The van der Waals surface area contributed by atoms with Crippen molar-refractivity contribution >= 4 is 0 Å².